The van der Waals surface area contributed by atoms with Crippen LogP contribution < -0.4 is 15.4 Å². The van der Waals surface area contributed by atoms with Crippen LogP contribution in [0.5, 0.6) is 5.88 Å². The zero-order valence-electron chi connectivity index (χ0n) is 17.7. The number of halogens is 1. The second-order valence-corrected chi connectivity index (χ2v) is 8.32. The second kappa shape index (κ2) is 9.07. The van der Waals surface area contributed by atoms with Crippen molar-refractivity contribution in [1.82, 2.24) is 24.7 Å². The van der Waals surface area contributed by atoms with Crippen molar-refractivity contribution >= 4 is 50.7 Å². The molecule has 2 N–H and O–H groups in total. The van der Waals surface area contributed by atoms with E-state index >= 15 is 0 Å². The number of anilines is 2. The van der Waals surface area contributed by atoms with Gasteiger partial charge in [0, 0.05) is 25.1 Å². The van der Waals surface area contributed by atoms with Crippen LogP contribution in [0.3, 0.4) is 0 Å². The van der Waals surface area contributed by atoms with Crippen LogP contribution in [0, 0.1) is 6.92 Å². The number of pyridine rings is 2. The number of ether oxygens (including phenoxy) is 2. The minimum Gasteiger partial charge on any atom is -0.479 e. The maximum absolute atomic E-state index is 12.8. The lowest BCUT2D eigenvalue weighted by Crippen LogP contribution is -2.22. The third-order valence-electron chi connectivity index (χ3n) is 4.67. The Balaban J connectivity index is 1.63. The van der Waals surface area contributed by atoms with Crippen LogP contribution in [0.2, 0.25) is 5.02 Å². The molecule has 4 aromatic rings. The summed E-state index contributed by atoms with van der Waals surface area (Å²) in [6, 6.07) is 2.77. The fourth-order valence-electron chi connectivity index (χ4n) is 3.17. The van der Waals surface area contributed by atoms with Gasteiger partial charge in [-0.25, -0.2) is 19.4 Å². The van der Waals surface area contributed by atoms with Gasteiger partial charge in [-0.2, -0.15) is 10.1 Å². The van der Waals surface area contributed by atoms with Gasteiger partial charge in [0.25, 0.3) is 0 Å². The Morgan fingerprint density at radius 2 is 2.03 bits per heavy atom. The van der Waals surface area contributed by atoms with Gasteiger partial charge >= 0.3 is 6.03 Å². The third-order valence-corrected chi connectivity index (χ3v) is 5.82. The predicted octanol–water partition coefficient (Wildman–Crippen LogP) is 4.59. The van der Waals surface area contributed by atoms with Crippen LogP contribution in [0.1, 0.15) is 23.6 Å². The average molecular weight is 474 g/mol. The van der Waals surface area contributed by atoms with Crippen LogP contribution in [0.15, 0.2) is 30.7 Å². The molecule has 1 atom stereocenters. The highest BCUT2D eigenvalue weighted by Gasteiger charge is 2.21. The highest BCUT2D eigenvalue weighted by atomic mass is 35.5. The molecule has 0 aromatic carbocycles. The van der Waals surface area contributed by atoms with Crippen molar-refractivity contribution in [2.24, 2.45) is 0 Å². The van der Waals surface area contributed by atoms with E-state index in [1.807, 2.05) is 13.8 Å². The molecule has 0 bridgehead atoms. The van der Waals surface area contributed by atoms with E-state index in [4.69, 9.17) is 21.1 Å². The van der Waals surface area contributed by atoms with Gasteiger partial charge in [0.05, 0.1) is 35.1 Å². The molecule has 0 aliphatic rings. The molecule has 0 spiro atoms. The number of aromatic nitrogens is 5. The molecule has 0 saturated carbocycles. The van der Waals surface area contributed by atoms with E-state index in [9.17, 15) is 4.79 Å². The monoisotopic (exact) mass is 473 g/mol. The van der Waals surface area contributed by atoms with Gasteiger partial charge in [-0.3, -0.25) is 0 Å². The van der Waals surface area contributed by atoms with Gasteiger partial charge in [0.2, 0.25) is 5.88 Å². The molecule has 4 rings (SSSR count). The molecule has 0 fully saturated rings. The van der Waals surface area contributed by atoms with Crippen LogP contribution in [-0.4, -0.2) is 45.0 Å². The fourth-order valence-corrected chi connectivity index (χ4v) is 4.18. The Bertz CT molecular complexity index is 1280. The Hall–Kier alpha value is -3.28. The zero-order valence-corrected chi connectivity index (χ0v) is 19.3. The molecular weight excluding hydrogens is 454 g/mol. The predicted molar refractivity (Wildman–Crippen MR) is 123 cm³/mol. The number of urea groups is 1. The number of hydrogen-bond donors (Lipinski definition) is 2. The van der Waals surface area contributed by atoms with Crippen molar-refractivity contribution in [3.63, 3.8) is 0 Å². The van der Waals surface area contributed by atoms with E-state index in [-0.39, 0.29) is 12.0 Å². The molecule has 10 nitrogen and oxygen atoms in total. The van der Waals surface area contributed by atoms with Gasteiger partial charge in [0.15, 0.2) is 5.82 Å². The Morgan fingerprint density at radius 1 is 1.25 bits per heavy atom. The highest BCUT2D eigenvalue weighted by Crippen LogP contribution is 2.34. The minimum absolute atomic E-state index is 0.184. The SMILES string of the molecule is COc1nc(-n2cccn2)c(Cl)cc1NC(=O)Nc1cnc2sc(C)nc2c1[C@@H](C)OC. The van der Waals surface area contributed by atoms with Crippen molar-refractivity contribution in [1.29, 1.82) is 0 Å². The number of carbonyl (C=O) groups is 1. The fraction of sp³-hybridized carbons (Fsp3) is 0.250. The van der Waals surface area contributed by atoms with Crippen molar-refractivity contribution in [3.8, 4) is 11.7 Å². The molecule has 0 saturated heterocycles. The molecule has 32 heavy (non-hydrogen) atoms. The largest absolute Gasteiger partial charge is 0.479 e. The van der Waals surface area contributed by atoms with E-state index in [0.717, 1.165) is 15.4 Å². The normalized spacial score (nSPS) is 12.0. The number of hydrogen-bond acceptors (Lipinski definition) is 8. The summed E-state index contributed by atoms with van der Waals surface area (Å²) in [5.74, 6) is 0.563. The first-order chi connectivity index (χ1) is 15.4. The first kappa shape index (κ1) is 21.9. The summed E-state index contributed by atoms with van der Waals surface area (Å²) in [7, 11) is 3.05. The summed E-state index contributed by atoms with van der Waals surface area (Å²) in [6.45, 7) is 3.79. The minimum atomic E-state index is -0.523. The lowest BCUT2D eigenvalue weighted by Gasteiger charge is -2.17. The first-order valence-electron chi connectivity index (χ1n) is 9.52. The number of thiazole rings is 1. The molecule has 0 radical (unpaired) electrons. The molecule has 0 aliphatic carbocycles. The number of rotatable bonds is 6. The van der Waals surface area contributed by atoms with E-state index < -0.39 is 6.03 Å². The maximum Gasteiger partial charge on any atom is 0.323 e. The standard InChI is InChI=1S/C20H20ClN7O3S/c1-10(30-3)15-14(9-22-19-16(15)24-11(2)32-19)26-20(29)25-13-8-12(21)17(27-18(13)31-4)28-7-5-6-23-28/h5-10H,1-4H3,(H2,25,26,29)/t10-/m1/s1. The van der Waals surface area contributed by atoms with Gasteiger partial charge in [-0.15, -0.1) is 0 Å². The summed E-state index contributed by atoms with van der Waals surface area (Å²) < 4.78 is 12.3. The third kappa shape index (κ3) is 4.22. The topological polar surface area (TPSA) is 116 Å². The molecule has 4 aromatic heterocycles. The summed E-state index contributed by atoms with van der Waals surface area (Å²) >= 11 is 7.84. The smallest absolute Gasteiger partial charge is 0.323 e. The molecule has 166 valence electrons. The van der Waals surface area contributed by atoms with E-state index in [2.05, 4.69) is 30.7 Å². The highest BCUT2D eigenvalue weighted by molar-refractivity contribution is 7.18. The van der Waals surface area contributed by atoms with Crippen LogP contribution in [-0.2, 0) is 4.74 Å². The number of methoxy groups -OCH3 is 2. The maximum atomic E-state index is 12.8. The molecule has 4 heterocycles. The van der Waals surface area contributed by atoms with Crippen LogP contribution >= 0.6 is 22.9 Å². The number of nitrogens with one attached hydrogen (secondary N) is 2. The number of fused-ring (bicyclic) bond motifs is 1. The van der Waals surface area contributed by atoms with Crippen LogP contribution in [0.4, 0.5) is 16.2 Å². The van der Waals surface area contributed by atoms with Gasteiger partial charge in [0.1, 0.15) is 16.0 Å². The number of amides is 2. The number of aryl methyl sites for hydroxylation is 1. The summed E-state index contributed by atoms with van der Waals surface area (Å²) in [6.07, 6.45) is 4.59. The van der Waals surface area contributed by atoms with Crippen molar-refractivity contribution in [2.45, 2.75) is 20.0 Å². The lowest BCUT2D eigenvalue weighted by atomic mass is 10.1. The number of nitrogens with zero attached hydrogens (tertiary/aromatic N) is 5. The van der Waals surface area contributed by atoms with Crippen molar-refractivity contribution in [3.05, 3.63) is 46.3 Å². The second-order valence-electron chi connectivity index (χ2n) is 6.73. The summed E-state index contributed by atoms with van der Waals surface area (Å²) in [4.78, 5) is 26.9. The van der Waals surface area contributed by atoms with Gasteiger partial charge in [-0.05, 0) is 26.0 Å². The lowest BCUT2D eigenvalue weighted by molar-refractivity contribution is 0.121. The first-order valence-corrected chi connectivity index (χ1v) is 10.7. The quantitative estimate of drug-likeness (QED) is 0.420. The van der Waals surface area contributed by atoms with Crippen LogP contribution in [0.25, 0.3) is 16.2 Å². The van der Waals surface area contributed by atoms with Crippen molar-refractivity contribution < 1.29 is 14.3 Å². The number of carbonyl (C=O) groups excluding carboxylic acids is 1. The average Bonchev–Trinajstić information content (AvgIpc) is 3.42. The molecular formula is C20H20ClN7O3S. The van der Waals surface area contributed by atoms with E-state index in [1.54, 1.807) is 37.8 Å². The van der Waals surface area contributed by atoms with Crippen molar-refractivity contribution in [2.75, 3.05) is 24.9 Å². The molecule has 0 aliphatic heterocycles. The molecule has 12 heteroatoms. The Kier molecular flexibility index (Phi) is 6.21. The van der Waals surface area contributed by atoms with Gasteiger partial charge < -0.3 is 20.1 Å². The Morgan fingerprint density at radius 3 is 2.72 bits per heavy atom. The Labute approximate surface area is 192 Å². The summed E-state index contributed by atoms with van der Waals surface area (Å²) in [5.41, 5.74) is 2.23. The van der Waals surface area contributed by atoms with Gasteiger partial charge in [-0.1, -0.05) is 22.9 Å². The molecule has 2 amide bonds. The zero-order chi connectivity index (χ0) is 22.8. The van der Waals surface area contributed by atoms with E-state index in [0.29, 0.717) is 27.7 Å². The summed E-state index contributed by atoms with van der Waals surface area (Å²) in [5, 5.41) is 10.8. The van der Waals surface area contributed by atoms with E-state index in [1.165, 1.54) is 23.1 Å². The molecule has 0 unspecified atom stereocenters.